The van der Waals surface area contributed by atoms with Gasteiger partial charge in [-0.1, -0.05) is 35.0 Å². The highest BCUT2D eigenvalue weighted by molar-refractivity contribution is 9.10. The highest BCUT2D eigenvalue weighted by Crippen LogP contribution is 2.23. The topological polar surface area (TPSA) is 45.2 Å². The molecule has 2 heterocycles. The molecule has 0 spiro atoms. The molecule has 126 valence electrons. The lowest BCUT2D eigenvalue weighted by Crippen LogP contribution is -2.34. The molecule has 1 amide bonds. The van der Waals surface area contributed by atoms with Gasteiger partial charge in [0.1, 0.15) is 5.82 Å². The van der Waals surface area contributed by atoms with Crippen LogP contribution in [0.3, 0.4) is 0 Å². The maximum Gasteiger partial charge on any atom is 0.229 e. The zero-order chi connectivity index (χ0) is 16.9. The van der Waals surface area contributed by atoms with Crippen LogP contribution in [-0.4, -0.2) is 24.0 Å². The predicted octanol–water partition coefficient (Wildman–Crippen LogP) is 4.26. The fourth-order valence-electron chi connectivity index (χ4n) is 3.09. The summed E-state index contributed by atoms with van der Waals surface area (Å²) in [6, 6.07) is 11.7. The van der Waals surface area contributed by atoms with E-state index >= 15 is 0 Å². The van der Waals surface area contributed by atoms with Gasteiger partial charge in [0, 0.05) is 17.6 Å². The van der Waals surface area contributed by atoms with Gasteiger partial charge in [-0.3, -0.25) is 4.79 Å². The van der Waals surface area contributed by atoms with E-state index in [0.717, 1.165) is 34.7 Å². The molecule has 1 saturated heterocycles. The Morgan fingerprint density at radius 2 is 2.25 bits per heavy atom. The molecule has 0 bridgehead atoms. The molecular formula is C19H22BrN3O. The number of carbonyl (C=O) groups is 1. The summed E-state index contributed by atoms with van der Waals surface area (Å²) in [6.45, 7) is 4.45. The number of nitrogens with zero attached hydrogens (tertiary/aromatic N) is 2. The number of anilines is 2. The summed E-state index contributed by atoms with van der Waals surface area (Å²) in [5, 5.41) is 2.86. The van der Waals surface area contributed by atoms with Crippen LogP contribution < -0.4 is 10.2 Å². The van der Waals surface area contributed by atoms with E-state index in [1.165, 1.54) is 12.8 Å². The van der Waals surface area contributed by atoms with Crippen molar-refractivity contribution < 1.29 is 4.79 Å². The molecule has 0 aliphatic carbocycles. The van der Waals surface area contributed by atoms with Crippen LogP contribution in [0.2, 0.25) is 0 Å². The third-order valence-corrected chi connectivity index (χ3v) is 4.78. The van der Waals surface area contributed by atoms with Gasteiger partial charge in [-0.15, -0.1) is 0 Å². The smallest absolute Gasteiger partial charge is 0.229 e. The second-order valence-electron chi connectivity index (χ2n) is 6.45. The van der Waals surface area contributed by atoms with Crippen molar-refractivity contribution in [2.75, 3.05) is 23.3 Å². The van der Waals surface area contributed by atoms with E-state index in [4.69, 9.17) is 0 Å². The Bertz CT molecular complexity index is 702. The third kappa shape index (κ3) is 4.57. The first kappa shape index (κ1) is 17.0. The normalized spacial score (nSPS) is 17.6. The van der Waals surface area contributed by atoms with Gasteiger partial charge in [-0.05, 0) is 48.6 Å². The summed E-state index contributed by atoms with van der Waals surface area (Å²) in [4.78, 5) is 18.9. The summed E-state index contributed by atoms with van der Waals surface area (Å²) in [5.41, 5.74) is 2.10. The van der Waals surface area contributed by atoms with Gasteiger partial charge in [0.15, 0.2) is 0 Å². The number of pyridine rings is 1. The molecule has 1 aliphatic heterocycles. The molecule has 1 unspecified atom stereocenters. The van der Waals surface area contributed by atoms with Gasteiger partial charge in [0.25, 0.3) is 0 Å². The van der Waals surface area contributed by atoms with Crippen LogP contribution >= 0.6 is 15.9 Å². The Morgan fingerprint density at radius 3 is 2.96 bits per heavy atom. The maximum absolute atomic E-state index is 12.1. The summed E-state index contributed by atoms with van der Waals surface area (Å²) in [7, 11) is 0. The average Bonchev–Trinajstić information content (AvgIpc) is 2.55. The number of amides is 1. The van der Waals surface area contributed by atoms with E-state index in [1.54, 1.807) is 0 Å². The maximum atomic E-state index is 12.1. The van der Waals surface area contributed by atoms with Crippen molar-refractivity contribution in [3.05, 3.63) is 52.6 Å². The SMILES string of the molecule is CC1CCCN(c2ccc(NC(=O)Cc3cccc(Br)c3)nc2)C1. The molecule has 1 fully saturated rings. The number of nitrogens with one attached hydrogen (secondary N) is 1. The summed E-state index contributed by atoms with van der Waals surface area (Å²) < 4.78 is 0.978. The highest BCUT2D eigenvalue weighted by atomic mass is 79.9. The molecule has 0 radical (unpaired) electrons. The number of carbonyl (C=O) groups excluding carboxylic acids is 1. The van der Waals surface area contributed by atoms with Gasteiger partial charge in [0.05, 0.1) is 18.3 Å². The van der Waals surface area contributed by atoms with E-state index in [1.807, 2.05) is 42.6 Å². The Morgan fingerprint density at radius 1 is 1.38 bits per heavy atom. The first-order chi connectivity index (χ1) is 11.6. The number of hydrogen-bond donors (Lipinski definition) is 1. The predicted molar refractivity (Wildman–Crippen MR) is 101 cm³/mol. The standard InChI is InChI=1S/C19H22BrN3O/c1-14-4-3-9-23(13-14)17-7-8-18(21-12-17)22-19(24)11-15-5-2-6-16(20)10-15/h2,5-8,10,12,14H,3-4,9,11,13H2,1H3,(H,21,22,24). The third-order valence-electron chi connectivity index (χ3n) is 4.29. The number of hydrogen-bond acceptors (Lipinski definition) is 3. The summed E-state index contributed by atoms with van der Waals surface area (Å²) in [5.74, 6) is 1.27. The minimum atomic E-state index is -0.0556. The fraction of sp³-hybridized carbons (Fsp3) is 0.368. The summed E-state index contributed by atoms with van der Waals surface area (Å²) >= 11 is 3.42. The highest BCUT2D eigenvalue weighted by Gasteiger charge is 2.16. The van der Waals surface area contributed by atoms with Crippen LogP contribution in [0.15, 0.2) is 47.1 Å². The van der Waals surface area contributed by atoms with Gasteiger partial charge in [-0.2, -0.15) is 0 Å². The Hall–Kier alpha value is -1.88. The van der Waals surface area contributed by atoms with Crippen molar-refractivity contribution in [1.29, 1.82) is 0 Å². The van der Waals surface area contributed by atoms with E-state index in [0.29, 0.717) is 12.2 Å². The molecule has 1 aliphatic rings. The number of piperidine rings is 1. The first-order valence-corrected chi connectivity index (χ1v) is 9.15. The Labute approximate surface area is 151 Å². The van der Waals surface area contributed by atoms with E-state index in [2.05, 4.69) is 38.1 Å². The number of aromatic nitrogens is 1. The van der Waals surface area contributed by atoms with E-state index in [-0.39, 0.29) is 5.91 Å². The number of halogens is 1. The Kier molecular flexibility index (Phi) is 5.51. The number of benzene rings is 1. The van der Waals surface area contributed by atoms with Gasteiger partial charge < -0.3 is 10.2 Å². The average molecular weight is 388 g/mol. The van der Waals surface area contributed by atoms with Crippen molar-refractivity contribution in [2.24, 2.45) is 5.92 Å². The second kappa shape index (κ2) is 7.79. The molecule has 1 N–H and O–H groups in total. The molecule has 5 heteroatoms. The quantitative estimate of drug-likeness (QED) is 0.851. The van der Waals surface area contributed by atoms with Gasteiger partial charge in [0.2, 0.25) is 5.91 Å². The van der Waals surface area contributed by atoms with Crippen molar-refractivity contribution in [3.8, 4) is 0 Å². The largest absolute Gasteiger partial charge is 0.370 e. The molecule has 1 aromatic carbocycles. The van der Waals surface area contributed by atoms with Gasteiger partial charge >= 0.3 is 0 Å². The molecule has 4 nitrogen and oxygen atoms in total. The molecule has 3 rings (SSSR count). The molecule has 2 aromatic rings. The zero-order valence-electron chi connectivity index (χ0n) is 13.8. The zero-order valence-corrected chi connectivity index (χ0v) is 15.4. The second-order valence-corrected chi connectivity index (χ2v) is 7.37. The minimum Gasteiger partial charge on any atom is -0.370 e. The molecule has 1 aromatic heterocycles. The molecule has 1 atom stereocenters. The van der Waals surface area contributed by atoms with Crippen molar-refractivity contribution in [1.82, 2.24) is 4.98 Å². The minimum absolute atomic E-state index is 0.0556. The monoisotopic (exact) mass is 387 g/mol. The molecule has 24 heavy (non-hydrogen) atoms. The lowest BCUT2D eigenvalue weighted by Gasteiger charge is -2.32. The van der Waals surface area contributed by atoms with Crippen LogP contribution in [0, 0.1) is 5.92 Å². The number of rotatable bonds is 4. The van der Waals surface area contributed by atoms with Crippen LogP contribution in [0.5, 0.6) is 0 Å². The van der Waals surface area contributed by atoms with Crippen molar-refractivity contribution in [2.45, 2.75) is 26.2 Å². The van der Waals surface area contributed by atoms with Crippen LogP contribution in [0.4, 0.5) is 11.5 Å². The fourth-order valence-corrected chi connectivity index (χ4v) is 3.54. The van der Waals surface area contributed by atoms with Crippen LogP contribution in [-0.2, 0) is 11.2 Å². The summed E-state index contributed by atoms with van der Waals surface area (Å²) in [6.07, 6.45) is 4.72. The van der Waals surface area contributed by atoms with E-state index in [9.17, 15) is 4.79 Å². The van der Waals surface area contributed by atoms with Crippen LogP contribution in [0.1, 0.15) is 25.3 Å². The van der Waals surface area contributed by atoms with Crippen LogP contribution in [0.25, 0.3) is 0 Å². The lowest BCUT2D eigenvalue weighted by molar-refractivity contribution is -0.115. The Balaban J connectivity index is 1.58. The molecular weight excluding hydrogens is 366 g/mol. The lowest BCUT2D eigenvalue weighted by atomic mass is 10.00. The van der Waals surface area contributed by atoms with Gasteiger partial charge in [-0.25, -0.2) is 4.98 Å². The van der Waals surface area contributed by atoms with E-state index < -0.39 is 0 Å². The first-order valence-electron chi connectivity index (χ1n) is 8.35. The van der Waals surface area contributed by atoms with Crippen molar-refractivity contribution >= 4 is 33.3 Å². The van der Waals surface area contributed by atoms with Crippen molar-refractivity contribution in [3.63, 3.8) is 0 Å². The molecule has 0 saturated carbocycles.